The summed E-state index contributed by atoms with van der Waals surface area (Å²) in [5.41, 5.74) is 0.481. The number of halogens is 1. The monoisotopic (exact) mass is 270 g/mol. The topological polar surface area (TPSA) is 56.6 Å². The second-order valence-electron chi connectivity index (χ2n) is 4.85. The molecule has 1 aromatic heterocycles. The lowest BCUT2D eigenvalue weighted by atomic mass is 10.0. The molecule has 0 fully saturated rings. The first kappa shape index (κ1) is 16.0. The minimum absolute atomic E-state index is 0.0314. The van der Waals surface area contributed by atoms with Crippen LogP contribution in [0.3, 0.4) is 0 Å². The Morgan fingerprint density at radius 2 is 2.11 bits per heavy atom. The fraction of sp³-hybridized carbons (Fsp3) is 0.643. The Bertz CT molecular complexity index is 353. The van der Waals surface area contributed by atoms with E-state index in [1.165, 1.54) is 12.1 Å². The molecule has 0 amide bonds. The van der Waals surface area contributed by atoms with E-state index in [0.29, 0.717) is 18.8 Å². The van der Waals surface area contributed by atoms with E-state index in [1.54, 1.807) is 0 Å². The van der Waals surface area contributed by atoms with E-state index >= 15 is 0 Å². The zero-order valence-electron chi connectivity index (χ0n) is 11.6. The standard InChI is InChI=1S/C14H23FN2O2/c1-3-6-17(7-8-18)10-11(2)14(19)13-5-4-12(15)9-16-13/h4-5,9,11,14,18-19H,3,6-8,10H2,1-2H3. The smallest absolute Gasteiger partial charge is 0.141 e. The van der Waals surface area contributed by atoms with Crippen molar-refractivity contribution in [3.63, 3.8) is 0 Å². The zero-order chi connectivity index (χ0) is 14.3. The third-order valence-corrected chi connectivity index (χ3v) is 3.09. The normalized spacial score (nSPS) is 14.6. The van der Waals surface area contributed by atoms with Crippen LogP contribution in [0, 0.1) is 11.7 Å². The van der Waals surface area contributed by atoms with Crippen LogP contribution in [0.4, 0.5) is 4.39 Å². The number of aliphatic hydroxyl groups excluding tert-OH is 2. The van der Waals surface area contributed by atoms with Crippen LogP contribution in [0.2, 0.25) is 0 Å². The lowest BCUT2D eigenvalue weighted by molar-refractivity contribution is 0.0784. The van der Waals surface area contributed by atoms with Gasteiger partial charge in [-0.3, -0.25) is 4.98 Å². The maximum absolute atomic E-state index is 12.8. The van der Waals surface area contributed by atoms with Crippen molar-refractivity contribution >= 4 is 0 Å². The van der Waals surface area contributed by atoms with Crippen LogP contribution in [-0.2, 0) is 0 Å². The molecule has 0 aliphatic rings. The van der Waals surface area contributed by atoms with Crippen molar-refractivity contribution in [1.29, 1.82) is 0 Å². The van der Waals surface area contributed by atoms with E-state index in [-0.39, 0.29) is 12.5 Å². The van der Waals surface area contributed by atoms with Gasteiger partial charge in [0.2, 0.25) is 0 Å². The summed E-state index contributed by atoms with van der Waals surface area (Å²) in [6.07, 6.45) is 1.39. The predicted molar refractivity (Wildman–Crippen MR) is 72.1 cm³/mol. The zero-order valence-corrected chi connectivity index (χ0v) is 11.6. The first-order valence-corrected chi connectivity index (χ1v) is 6.71. The molecule has 5 heteroatoms. The van der Waals surface area contributed by atoms with E-state index in [1.807, 2.05) is 6.92 Å². The van der Waals surface area contributed by atoms with Crippen LogP contribution in [-0.4, -0.2) is 46.3 Å². The minimum Gasteiger partial charge on any atom is -0.395 e. The van der Waals surface area contributed by atoms with Crippen LogP contribution < -0.4 is 0 Å². The first-order valence-electron chi connectivity index (χ1n) is 6.71. The highest BCUT2D eigenvalue weighted by atomic mass is 19.1. The first-order chi connectivity index (χ1) is 9.08. The number of pyridine rings is 1. The molecule has 0 aromatic carbocycles. The lowest BCUT2D eigenvalue weighted by Gasteiger charge is -2.27. The maximum atomic E-state index is 12.8. The fourth-order valence-electron chi connectivity index (χ4n) is 2.11. The van der Waals surface area contributed by atoms with Crippen molar-refractivity contribution in [3.05, 3.63) is 29.8 Å². The SMILES string of the molecule is CCCN(CCO)CC(C)C(O)c1ccc(F)cn1. The molecular formula is C14H23FN2O2. The molecule has 0 saturated heterocycles. The summed E-state index contributed by atoms with van der Waals surface area (Å²) in [5.74, 6) is -0.437. The van der Waals surface area contributed by atoms with Gasteiger partial charge in [-0.2, -0.15) is 0 Å². The molecule has 2 atom stereocenters. The summed E-state index contributed by atoms with van der Waals surface area (Å²) in [5, 5.41) is 19.2. The van der Waals surface area contributed by atoms with Gasteiger partial charge in [-0.15, -0.1) is 0 Å². The average molecular weight is 270 g/mol. The van der Waals surface area contributed by atoms with Crippen molar-refractivity contribution in [3.8, 4) is 0 Å². The van der Waals surface area contributed by atoms with Crippen molar-refractivity contribution in [2.75, 3.05) is 26.2 Å². The Morgan fingerprint density at radius 1 is 1.37 bits per heavy atom. The Kier molecular flexibility index (Phi) is 6.91. The van der Waals surface area contributed by atoms with E-state index in [0.717, 1.165) is 19.2 Å². The Hall–Kier alpha value is -1.04. The Morgan fingerprint density at radius 3 is 2.63 bits per heavy atom. The van der Waals surface area contributed by atoms with Gasteiger partial charge in [0.25, 0.3) is 0 Å². The lowest BCUT2D eigenvalue weighted by Crippen LogP contribution is -2.34. The quantitative estimate of drug-likeness (QED) is 0.753. The third-order valence-electron chi connectivity index (χ3n) is 3.09. The van der Waals surface area contributed by atoms with Gasteiger partial charge in [0.05, 0.1) is 24.6 Å². The molecule has 0 bridgehead atoms. The molecule has 2 unspecified atom stereocenters. The maximum Gasteiger partial charge on any atom is 0.141 e. The van der Waals surface area contributed by atoms with Crippen molar-refractivity contribution in [2.45, 2.75) is 26.4 Å². The van der Waals surface area contributed by atoms with Crippen LogP contribution in [0.5, 0.6) is 0 Å². The van der Waals surface area contributed by atoms with Crippen molar-refractivity contribution in [2.24, 2.45) is 5.92 Å². The summed E-state index contributed by atoms with van der Waals surface area (Å²) >= 11 is 0. The van der Waals surface area contributed by atoms with Crippen molar-refractivity contribution in [1.82, 2.24) is 9.88 Å². The summed E-state index contributed by atoms with van der Waals surface area (Å²) in [6, 6.07) is 2.81. The molecule has 0 aliphatic heterocycles. The second kappa shape index (κ2) is 8.19. The fourth-order valence-corrected chi connectivity index (χ4v) is 2.11. The van der Waals surface area contributed by atoms with Crippen LogP contribution in [0.1, 0.15) is 32.1 Å². The summed E-state index contributed by atoms with van der Waals surface area (Å²) < 4.78 is 12.8. The van der Waals surface area contributed by atoms with Crippen LogP contribution in [0.15, 0.2) is 18.3 Å². The number of aliphatic hydroxyl groups is 2. The van der Waals surface area contributed by atoms with Gasteiger partial charge in [0, 0.05) is 19.0 Å². The summed E-state index contributed by atoms with van der Waals surface area (Å²) in [4.78, 5) is 6.01. The van der Waals surface area contributed by atoms with Gasteiger partial charge < -0.3 is 15.1 Å². The Labute approximate surface area is 113 Å². The molecule has 108 valence electrons. The molecule has 1 heterocycles. The second-order valence-corrected chi connectivity index (χ2v) is 4.85. The van der Waals surface area contributed by atoms with Crippen molar-refractivity contribution < 1.29 is 14.6 Å². The number of rotatable bonds is 8. The molecule has 0 saturated carbocycles. The molecule has 0 spiro atoms. The van der Waals surface area contributed by atoms with Gasteiger partial charge in [-0.25, -0.2) is 4.39 Å². The molecule has 4 nitrogen and oxygen atoms in total. The highest BCUT2D eigenvalue weighted by molar-refractivity contribution is 5.08. The minimum atomic E-state index is -0.723. The number of hydrogen-bond acceptors (Lipinski definition) is 4. The van der Waals surface area contributed by atoms with Gasteiger partial charge in [0.1, 0.15) is 5.82 Å². The molecule has 1 rings (SSSR count). The Balaban J connectivity index is 2.59. The highest BCUT2D eigenvalue weighted by Crippen LogP contribution is 2.21. The van der Waals surface area contributed by atoms with Gasteiger partial charge >= 0.3 is 0 Å². The van der Waals surface area contributed by atoms with Gasteiger partial charge in [-0.05, 0) is 25.1 Å². The molecule has 19 heavy (non-hydrogen) atoms. The molecular weight excluding hydrogens is 247 g/mol. The van der Waals surface area contributed by atoms with E-state index in [4.69, 9.17) is 5.11 Å². The van der Waals surface area contributed by atoms with Gasteiger partial charge in [0.15, 0.2) is 0 Å². The van der Waals surface area contributed by atoms with Crippen LogP contribution >= 0.6 is 0 Å². The summed E-state index contributed by atoms with van der Waals surface area (Å²) in [7, 11) is 0. The third kappa shape index (κ3) is 5.22. The summed E-state index contributed by atoms with van der Waals surface area (Å²) in [6.45, 7) is 6.27. The molecule has 0 radical (unpaired) electrons. The number of aromatic nitrogens is 1. The van der Waals surface area contributed by atoms with Crippen LogP contribution in [0.25, 0.3) is 0 Å². The predicted octanol–water partition coefficient (Wildman–Crippen LogP) is 1.59. The van der Waals surface area contributed by atoms with Gasteiger partial charge in [-0.1, -0.05) is 13.8 Å². The van der Waals surface area contributed by atoms with E-state index < -0.39 is 11.9 Å². The average Bonchev–Trinajstić information content (AvgIpc) is 2.39. The van der Waals surface area contributed by atoms with E-state index in [9.17, 15) is 9.50 Å². The highest BCUT2D eigenvalue weighted by Gasteiger charge is 2.20. The molecule has 0 aliphatic carbocycles. The molecule has 1 aromatic rings. The number of hydrogen-bond donors (Lipinski definition) is 2. The number of nitrogens with zero attached hydrogens (tertiary/aromatic N) is 2. The molecule has 2 N–H and O–H groups in total. The van der Waals surface area contributed by atoms with E-state index in [2.05, 4.69) is 16.8 Å². The largest absolute Gasteiger partial charge is 0.395 e.